The van der Waals surface area contributed by atoms with Crippen molar-refractivity contribution in [3.05, 3.63) is 0 Å². The zero-order valence-electron chi connectivity index (χ0n) is 6.39. The van der Waals surface area contributed by atoms with Crippen LogP contribution in [0.2, 0.25) is 0 Å². The second-order valence-corrected chi connectivity index (χ2v) is 4.10. The van der Waals surface area contributed by atoms with Crippen LogP contribution < -0.4 is 0 Å². The minimum absolute atomic E-state index is 0.139. The quantitative estimate of drug-likeness (QED) is 0.608. The van der Waals surface area contributed by atoms with E-state index in [1.165, 1.54) is 0 Å². The summed E-state index contributed by atoms with van der Waals surface area (Å²) in [6.07, 6.45) is 1.39. The molecule has 3 nitrogen and oxygen atoms in total. The molecule has 3 heteroatoms. The summed E-state index contributed by atoms with van der Waals surface area (Å²) in [6, 6.07) is 0. The number of carboxylic acid groups (broad SMARTS) is 1. The molecule has 60 valence electrons. The van der Waals surface area contributed by atoms with Gasteiger partial charge in [-0.2, -0.15) is 0 Å². The highest BCUT2D eigenvalue weighted by molar-refractivity contribution is 5.98. The van der Waals surface area contributed by atoms with E-state index in [2.05, 4.69) is 0 Å². The number of hydrogen-bond acceptors (Lipinski definition) is 2. The summed E-state index contributed by atoms with van der Waals surface area (Å²) in [7, 11) is 0. The van der Waals surface area contributed by atoms with E-state index < -0.39 is 11.4 Å². The molecule has 3 fully saturated rings. The molecule has 0 radical (unpaired) electrons. The minimum atomic E-state index is -0.791. The first-order valence-corrected chi connectivity index (χ1v) is 3.75. The van der Waals surface area contributed by atoms with Crippen LogP contribution in [0.15, 0.2) is 0 Å². The van der Waals surface area contributed by atoms with Crippen molar-refractivity contribution in [2.75, 3.05) is 0 Å². The van der Waals surface area contributed by atoms with Gasteiger partial charge >= 0.3 is 5.97 Å². The number of Topliss-reactive ketones (excluding diaryl/α,β-unsaturated/α-hetero) is 1. The van der Waals surface area contributed by atoms with Gasteiger partial charge in [0, 0.05) is 11.8 Å². The molecule has 0 saturated heterocycles. The summed E-state index contributed by atoms with van der Waals surface area (Å²) >= 11 is 0. The first-order valence-electron chi connectivity index (χ1n) is 3.75. The smallest absolute Gasteiger partial charge is 0.310 e. The first-order chi connectivity index (χ1) is 4.99. The van der Waals surface area contributed by atoms with E-state index >= 15 is 0 Å². The highest BCUT2D eigenvalue weighted by Crippen LogP contribution is 2.64. The number of ketones is 1. The van der Waals surface area contributed by atoms with Crippen LogP contribution in [0, 0.1) is 10.8 Å². The highest BCUT2D eigenvalue weighted by Gasteiger charge is 2.67. The van der Waals surface area contributed by atoms with Gasteiger partial charge in [-0.1, -0.05) is 6.92 Å². The topological polar surface area (TPSA) is 54.4 Å². The van der Waals surface area contributed by atoms with Crippen molar-refractivity contribution in [3.63, 3.8) is 0 Å². The van der Waals surface area contributed by atoms with Gasteiger partial charge in [-0.05, 0) is 12.8 Å². The maximum absolute atomic E-state index is 11.2. The van der Waals surface area contributed by atoms with Crippen LogP contribution in [0.5, 0.6) is 0 Å². The van der Waals surface area contributed by atoms with E-state index in [9.17, 15) is 9.59 Å². The number of carbonyl (C=O) groups is 2. The Morgan fingerprint density at radius 3 is 2.27 bits per heavy atom. The largest absolute Gasteiger partial charge is 0.481 e. The van der Waals surface area contributed by atoms with Crippen molar-refractivity contribution in [3.8, 4) is 0 Å². The molecule has 0 amide bonds. The predicted octanol–water partition coefficient (Wildman–Crippen LogP) is 0.830. The lowest BCUT2D eigenvalue weighted by Crippen LogP contribution is -2.42. The summed E-state index contributed by atoms with van der Waals surface area (Å²) in [5, 5.41) is 8.79. The third-order valence-corrected chi connectivity index (χ3v) is 3.08. The van der Waals surface area contributed by atoms with E-state index in [1.54, 1.807) is 0 Å². The molecule has 3 saturated carbocycles. The maximum Gasteiger partial charge on any atom is 0.310 e. The van der Waals surface area contributed by atoms with Crippen LogP contribution in [0.1, 0.15) is 26.2 Å². The lowest BCUT2D eigenvalue weighted by molar-refractivity contribution is -0.156. The van der Waals surface area contributed by atoms with Gasteiger partial charge < -0.3 is 5.11 Å². The Bertz CT molecular complexity index is 248. The maximum atomic E-state index is 11.2. The molecule has 0 spiro atoms. The molecule has 2 bridgehead atoms. The van der Waals surface area contributed by atoms with E-state index in [0.717, 1.165) is 0 Å². The van der Waals surface area contributed by atoms with Gasteiger partial charge in [-0.3, -0.25) is 9.59 Å². The molecular formula is C8H10O3. The van der Waals surface area contributed by atoms with Crippen LogP contribution in [0.25, 0.3) is 0 Å². The molecule has 3 rings (SSSR count). The molecule has 0 aliphatic heterocycles. The lowest BCUT2D eigenvalue weighted by Gasteiger charge is -2.40. The third-order valence-electron chi connectivity index (χ3n) is 3.08. The van der Waals surface area contributed by atoms with Crippen molar-refractivity contribution < 1.29 is 14.7 Å². The zero-order valence-corrected chi connectivity index (χ0v) is 6.39. The number of hydrogen-bond donors (Lipinski definition) is 1. The number of fused-ring (bicyclic) bond motifs is 1. The Balaban J connectivity index is 2.31. The average Bonchev–Trinajstić information content (AvgIpc) is 2.16. The molecule has 0 unspecified atom stereocenters. The van der Waals surface area contributed by atoms with Gasteiger partial charge in [0.15, 0.2) is 0 Å². The van der Waals surface area contributed by atoms with Crippen molar-refractivity contribution in [2.24, 2.45) is 10.8 Å². The van der Waals surface area contributed by atoms with E-state index in [1.807, 2.05) is 6.92 Å². The van der Waals surface area contributed by atoms with Crippen LogP contribution in [0.3, 0.4) is 0 Å². The molecule has 0 aromatic carbocycles. The van der Waals surface area contributed by atoms with Crippen molar-refractivity contribution in [1.29, 1.82) is 0 Å². The molecule has 11 heavy (non-hydrogen) atoms. The van der Waals surface area contributed by atoms with E-state index in [4.69, 9.17) is 5.11 Å². The summed E-state index contributed by atoms with van der Waals surface area (Å²) < 4.78 is 0. The molecule has 0 atom stereocenters. The molecule has 1 N–H and O–H groups in total. The Kier molecular flexibility index (Phi) is 0.926. The molecular weight excluding hydrogens is 144 g/mol. The van der Waals surface area contributed by atoms with Gasteiger partial charge in [-0.15, -0.1) is 0 Å². The lowest BCUT2D eigenvalue weighted by atomic mass is 9.61. The van der Waals surface area contributed by atoms with Crippen molar-refractivity contribution in [2.45, 2.75) is 26.2 Å². The normalized spacial score (nSPS) is 47.2. The van der Waals surface area contributed by atoms with E-state index in [-0.39, 0.29) is 17.6 Å². The van der Waals surface area contributed by atoms with Gasteiger partial charge in [0.1, 0.15) is 5.78 Å². The molecule has 3 aliphatic carbocycles. The molecule has 0 heterocycles. The summed E-state index contributed by atoms with van der Waals surface area (Å²) in [5.74, 6) is -0.652. The van der Waals surface area contributed by atoms with E-state index in [0.29, 0.717) is 12.8 Å². The van der Waals surface area contributed by atoms with Gasteiger partial charge in [0.05, 0.1) is 5.41 Å². The Morgan fingerprint density at radius 2 is 2.09 bits per heavy atom. The fourth-order valence-electron chi connectivity index (χ4n) is 2.51. The standard InChI is InChI=1S/C8H10O3/c1-7-3-8(4-7,6(10)11)2-5(7)9/h2-4H2,1H3,(H,10,11). The fraction of sp³-hybridized carbons (Fsp3) is 0.750. The predicted molar refractivity (Wildman–Crippen MR) is 37.0 cm³/mol. The van der Waals surface area contributed by atoms with Gasteiger partial charge in [0.25, 0.3) is 0 Å². The van der Waals surface area contributed by atoms with Crippen LogP contribution in [0.4, 0.5) is 0 Å². The van der Waals surface area contributed by atoms with Gasteiger partial charge in [-0.25, -0.2) is 0 Å². The SMILES string of the molecule is CC12CC(C(=O)O)(CC1=O)C2. The highest BCUT2D eigenvalue weighted by atomic mass is 16.4. The third kappa shape index (κ3) is 0.588. The fourth-order valence-corrected chi connectivity index (χ4v) is 2.51. The minimum Gasteiger partial charge on any atom is -0.481 e. The van der Waals surface area contributed by atoms with Crippen molar-refractivity contribution >= 4 is 11.8 Å². The molecule has 0 aromatic rings. The van der Waals surface area contributed by atoms with Crippen LogP contribution >= 0.6 is 0 Å². The van der Waals surface area contributed by atoms with Crippen LogP contribution in [-0.4, -0.2) is 16.9 Å². The monoisotopic (exact) mass is 154 g/mol. The first kappa shape index (κ1) is 6.83. The Hall–Kier alpha value is -0.860. The summed E-state index contributed by atoms with van der Waals surface area (Å²) in [6.45, 7) is 1.86. The number of aliphatic carboxylic acids is 1. The summed E-state index contributed by atoms with van der Waals surface area (Å²) in [4.78, 5) is 21.9. The number of rotatable bonds is 1. The number of carboxylic acids is 1. The molecule has 0 aromatic heterocycles. The Labute approximate surface area is 64.4 Å². The second kappa shape index (κ2) is 1.49. The Morgan fingerprint density at radius 1 is 1.55 bits per heavy atom. The summed E-state index contributed by atoms with van der Waals surface area (Å²) in [5.41, 5.74) is -0.940. The van der Waals surface area contributed by atoms with Crippen molar-refractivity contribution in [1.82, 2.24) is 0 Å². The second-order valence-electron chi connectivity index (χ2n) is 4.10. The molecule has 3 aliphatic rings. The average molecular weight is 154 g/mol. The van der Waals surface area contributed by atoms with Crippen LogP contribution in [-0.2, 0) is 9.59 Å². The van der Waals surface area contributed by atoms with Gasteiger partial charge in [0.2, 0.25) is 0 Å². The number of carbonyl (C=O) groups excluding carboxylic acids is 1. The zero-order chi connectivity index (χ0) is 8.28.